The Kier molecular flexibility index (Phi) is 10.2. The average molecular weight is 593 g/mol. The summed E-state index contributed by atoms with van der Waals surface area (Å²) in [5.41, 5.74) is -0.326. The van der Waals surface area contributed by atoms with Crippen molar-refractivity contribution in [2.75, 3.05) is 13.2 Å². The van der Waals surface area contributed by atoms with Gasteiger partial charge in [0.15, 0.2) is 34.7 Å². The van der Waals surface area contributed by atoms with Crippen LogP contribution in [0.2, 0.25) is 0 Å². The van der Waals surface area contributed by atoms with E-state index in [4.69, 9.17) is 14.2 Å². The van der Waals surface area contributed by atoms with Crippen LogP contribution >= 0.6 is 0 Å². The average Bonchev–Trinajstić information content (AvgIpc) is 2.98. The van der Waals surface area contributed by atoms with E-state index >= 15 is 4.39 Å². The van der Waals surface area contributed by atoms with Crippen LogP contribution in [0.4, 0.5) is 26.3 Å². The third-order valence-corrected chi connectivity index (χ3v) is 7.10. The highest BCUT2D eigenvalue weighted by molar-refractivity contribution is 5.92. The van der Waals surface area contributed by atoms with Crippen LogP contribution in [-0.4, -0.2) is 19.2 Å². The molecule has 0 N–H and O–H groups in total. The molecule has 1 aliphatic rings. The number of ether oxygens (including phenoxy) is 3. The second-order valence-corrected chi connectivity index (χ2v) is 9.84. The lowest BCUT2D eigenvalue weighted by molar-refractivity contribution is 0.0720. The SMILES string of the molecule is CCCCCOc1ccc(OC(=O)c2ccc(C3=CCC(c4ccc(OCC)c(F)c4F)CC3)c(F)c2F)c(F)c1F. The summed E-state index contributed by atoms with van der Waals surface area (Å²) in [5, 5.41) is 0. The van der Waals surface area contributed by atoms with Crippen molar-refractivity contribution in [2.24, 2.45) is 0 Å². The highest BCUT2D eigenvalue weighted by Crippen LogP contribution is 2.40. The molecule has 1 atom stereocenters. The second kappa shape index (κ2) is 13.8. The zero-order valence-corrected chi connectivity index (χ0v) is 23.2. The van der Waals surface area contributed by atoms with Gasteiger partial charge >= 0.3 is 5.97 Å². The molecule has 0 aliphatic heterocycles. The van der Waals surface area contributed by atoms with Crippen LogP contribution < -0.4 is 14.2 Å². The maximum Gasteiger partial charge on any atom is 0.346 e. The van der Waals surface area contributed by atoms with Gasteiger partial charge < -0.3 is 14.2 Å². The molecule has 42 heavy (non-hydrogen) atoms. The van der Waals surface area contributed by atoms with Crippen LogP contribution in [0.15, 0.2) is 42.5 Å². The van der Waals surface area contributed by atoms with E-state index in [1.807, 2.05) is 6.92 Å². The molecule has 224 valence electrons. The van der Waals surface area contributed by atoms with Crippen LogP contribution in [0, 0.1) is 34.9 Å². The Morgan fingerprint density at radius 3 is 2.12 bits per heavy atom. The lowest BCUT2D eigenvalue weighted by Gasteiger charge is -2.24. The maximum atomic E-state index is 15.1. The first-order valence-corrected chi connectivity index (χ1v) is 13.8. The van der Waals surface area contributed by atoms with Gasteiger partial charge in [0.2, 0.25) is 17.5 Å². The molecular weight excluding hydrogens is 562 g/mol. The first-order chi connectivity index (χ1) is 20.2. The number of carbonyl (C=O) groups is 1. The number of allylic oxidation sites excluding steroid dienone is 2. The van der Waals surface area contributed by atoms with Gasteiger partial charge in [-0.3, -0.25) is 0 Å². The molecule has 4 rings (SSSR count). The smallest absolute Gasteiger partial charge is 0.346 e. The summed E-state index contributed by atoms with van der Waals surface area (Å²) >= 11 is 0. The van der Waals surface area contributed by atoms with Crippen molar-refractivity contribution >= 4 is 11.5 Å². The minimum absolute atomic E-state index is 0.109. The van der Waals surface area contributed by atoms with Crippen LogP contribution in [0.25, 0.3) is 5.57 Å². The predicted molar refractivity (Wildman–Crippen MR) is 145 cm³/mol. The largest absolute Gasteiger partial charge is 0.491 e. The third-order valence-electron chi connectivity index (χ3n) is 7.10. The number of benzene rings is 3. The fourth-order valence-corrected chi connectivity index (χ4v) is 4.84. The quantitative estimate of drug-likeness (QED) is 0.0965. The van der Waals surface area contributed by atoms with Crippen molar-refractivity contribution in [3.8, 4) is 17.2 Å². The molecule has 0 saturated carbocycles. The zero-order valence-electron chi connectivity index (χ0n) is 23.2. The summed E-state index contributed by atoms with van der Waals surface area (Å²) in [6.45, 7) is 3.99. The van der Waals surface area contributed by atoms with Crippen LogP contribution in [0.5, 0.6) is 17.2 Å². The fourth-order valence-electron chi connectivity index (χ4n) is 4.84. The topological polar surface area (TPSA) is 44.8 Å². The van der Waals surface area contributed by atoms with Crippen LogP contribution in [0.1, 0.15) is 79.8 Å². The zero-order chi connectivity index (χ0) is 30.4. The number of hydrogen-bond donors (Lipinski definition) is 0. The van der Waals surface area contributed by atoms with Gasteiger partial charge in [0.05, 0.1) is 18.8 Å². The number of rotatable bonds is 11. The molecule has 0 amide bonds. The van der Waals surface area contributed by atoms with E-state index in [0.717, 1.165) is 31.0 Å². The Morgan fingerprint density at radius 1 is 0.762 bits per heavy atom. The van der Waals surface area contributed by atoms with Gasteiger partial charge in [0.25, 0.3) is 0 Å². The number of halogens is 6. The van der Waals surface area contributed by atoms with Crippen LogP contribution in [0.3, 0.4) is 0 Å². The van der Waals surface area contributed by atoms with Crippen LogP contribution in [-0.2, 0) is 0 Å². The Balaban J connectivity index is 1.47. The molecule has 0 fully saturated rings. The minimum atomic E-state index is -1.52. The van der Waals surface area contributed by atoms with Gasteiger partial charge in [-0.05, 0) is 73.9 Å². The number of carbonyl (C=O) groups excluding carboxylic acids is 1. The molecule has 1 aliphatic carbocycles. The molecule has 0 heterocycles. The molecule has 1 unspecified atom stereocenters. The van der Waals surface area contributed by atoms with Crippen molar-refractivity contribution in [1.29, 1.82) is 0 Å². The first-order valence-electron chi connectivity index (χ1n) is 13.8. The highest BCUT2D eigenvalue weighted by Gasteiger charge is 2.27. The molecule has 3 aromatic carbocycles. The summed E-state index contributed by atoms with van der Waals surface area (Å²) in [4.78, 5) is 12.6. The van der Waals surface area contributed by atoms with E-state index in [1.54, 1.807) is 13.0 Å². The first kappa shape index (κ1) is 31.0. The standard InChI is InChI=1S/C32H30F6O4/c1-3-5-6-17-41-24-15-16-25(31(38)30(24)37)42-32(39)22-12-11-20(26(33)28(22)35)18-7-9-19(10-8-18)21-13-14-23(40-4-2)29(36)27(21)34/h7,11-16,19H,3-6,8-10,17H2,1-2H3. The number of unbranched alkanes of at least 4 members (excludes halogenated alkanes) is 2. The Hall–Kier alpha value is -3.95. The van der Waals surface area contributed by atoms with Gasteiger partial charge in [0, 0.05) is 5.56 Å². The third kappa shape index (κ3) is 6.58. The lowest BCUT2D eigenvalue weighted by Crippen LogP contribution is -2.14. The summed E-state index contributed by atoms with van der Waals surface area (Å²) < 4.78 is 103. The molecule has 0 bridgehead atoms. The fraction of sp³-hybridized carbons (Fsp3) is 0.344. The van der Waals surface area contributed by atoms with Gasteiger partial charge in [0.1, 0.15) is 0 Å². The van der Waals surface area contributed by atoms with E-state index in [9.17, 15) is 26.7 Å². The van der Waals surface area contributed by atoms with E-state index in [-0.39, 0.29) is 54.6 Å². The van der Waals surface area contributed by atoms with E-state index in [1.165, 1.54) is 18.2 Å². The molecule has 0 aromatic heterocycles. The van der Waals surface area contributed by atoms with Crippen molar-refractivity contribution in [3.63, 3.8) is 0 Å². The summed E-state index contributed by atoms with van der Waals surface area (Å²) in [6, 6.07) is 7.04. The molecule has 4 nitrogen and oxygen atoms in total. The number of esters is 1. The summed E-state index contributed by atoms with van der Waals surface area (Å²) in [6.07, 6.45) is 4.84. The van der Waals surface area contributed by atoms with E-state index in [0.29, 0.717) is 18.4 Å². The molecule has 0 saturated heterocycles. The lowest BCUT2D eigenvalue weighted by atomic mass is 9.82. The van der Waals surface area contributed by atoms with Gasteiger partial charge in [-0.2, -0.15) is 13.2 Å². The van der Waals surface area contributed by atoms with E-state index < -0.39 is 52.2 Å². The Labute approximate surface area is 239 Å². The van der Waals surface area contributed by atoms with Crippen molar-refractivity contribution in [3.05, 3.63) is 94.1 Å². The second-order valence-electron chi connectivity index (χ2n) is 9.84. The molecule has 3 aromatic rings. The predicted octanol–water partition coefficient (Wildman–Crippen LogP) is 9.06. The van der Waals surface area contributed by atoms with E-state index in [2.05, 4.69) is 0 Å². The maximum absolute atomic E-state index is 15.1. The summed E-state index contributed by atoms with van der Waals surface area (Å²) in [5.74, 6) is -10.9. The molecule has 10 heteroatoms. The summed E-state index contributed by atoms with van der Waals surface area (Å²) in [7, 11) is 0. The minimum Gasteiger partial charge on any atom is -0.491 e. The highest BCUT2D eigenvalue weighted by atomic mass is 19.2. The normalized spacial score (nSPS) is 14.9. The van der Waals surface area contributed by atoms with Gasteiger partial charge in [-0.25, -0.2) is 18.0 Å². The van der Waals surface area contributed by atoms with Gasteiger partial charge in [-0.15, -0.1) is 0 Å². The number of hydrogen-bond acceptors (Lipinski definition) is 4. The van der Waals surface area contributed by atoms with Crippen molar-refractivity contribution in [2.45, 2.75) is 58.3 Å². The molecule has 0 radical (unpaired) electrons. The van der Waals surface area contributed by atoms with Gasteiger partial charge in [-0.1, -0.05) is 38.0 Å². The Morgan fingerprint density at radius 2 is 1.43 bits per heavy atom. The molecular formula is C32H30F6O4. The van der Waals surface area contributed by atoms with Crippen molar-refractivity contribution < 1.29 is 45.3 Å². The van der Waals surface area contributed by atoms with Crippen molar-refractivity contribution in [1.82, 2.24) is 0 Å². The monoisotopic (exact) mass is 592 g/mol. The Bertz CT molecular complexity index is 1490. The molecule has 0 spiro atoms.